The molecule has 0 N–H and O–H groups in total. The minimum absolute atomic E-state index is 0.00485. The molecule has 3 nitrogen and oxygen atoms in total. The van der Waals surface area contributed by atoms with Gasteiger partial charge < -0.3 is 13.9 Å². The van der Waals surface area contributed by atoms with E-state index in [1.54, 1.807) is 0 Å². The minimum atomic E-state index is -1.78. The zero-order chi connectivity index (χ0) is 17.7. The second-order valence-corrected chi connectivity index (χ2v) is 12.8. The summed E-state index contributed by atoms with van der Waals surface area (Å²) in [6.45, 7) is 10.6. The summed E-state index contributed by atoms with van der Waals surface area (Å²) < 4.78 is 20.1. The highest BCUT2D eigenvalue weighted by molar-refractivity contribution is 6.73. The van der Waals surface area contributed by atoms with Crippen molar-refractivity contribution >= 4 is 8.32 Å². The minimum Gasteiger partial charge on any atom is -0.404 e. The maximum atomic E-state index is 7.10. The van der Waals surface area contributed by atoms with Crippen LogP contribution in [-0.2, 0) is 13.9 Å². The van der Waals surface area contributed by atoms with Crippen molar-refractivity contribution in [1.29, 1.82) is 0 Å². The predicted molar refractivity (Wildman–Crippen MR) is 103 cm³/mol. The van der Waals surface area contributed by atoms with Gasteiger partial charge in [0.2, 0.25) is 5.79 Å². The molecule has 0 radical (unpaired) electrons. The zero-order valence-electron chi connectivity index (χ0n) is 16.2. The molecule has 138 valence electrons. The molecule has 0 aromatic heterocycles. The average molecular weight is 361 g/mol. The predicted octanol–water partition coefficient (Wildman–Crippen LogP) is 5.12. The smallest absolute Gasteiger partial charge is 0.207 e. The number of rotatable bonds is 5. The largest absolute Gasteiger partial charge is 0.404 e. The fourth-order valence-corrected chi connectivity index (χ4v) is 8.26. The van der Waals surface area contributed by atoms with Crippen LogP contribution >= 0.6 is 0 Å². The van der Waals surface area contributed by atoms with Gasteiger partial charge in [0.15, 0.2) is 8.32 Å². The molecule has 1 unspecified atom stereocenters. The van der Waals surface area contributed by atoms with Gasteiger partial charge >= 0.3 is 0 Å². The van der Waals surface area contributed by atoms with E-state index >= 15 is 0 Å². The van der Waals surface area contributed by atoms with Crippen molar-refractivity contribution in [3.8, 4) is 0 Å². The van der Waals surface area contributed by atoms with E-state index in [0.29, 0.717) is 13.2 Å². The Kier molecular flexibility index (Phi) is 4.39. The van der Waals surface area contributed by atoms with E-state index in [9.17, 15) is 0 Å². The third-order valence-corrected chi connectivity index (χ3v) is 12.1. The number of hydrogen-bond acceptors (Lipinski definition) is 3. The maximum absolute atomic E-state index is 7.10. The van der Waals surface area contributed by atoms with Crippen molar-refractivity contribution < 1.29 is 13.9 Å². The van der Waals surface area contributed by atoms with Gasteiger partial charge in [0.25, 0.3) is 0 Å². The van der Waals surface area contributed by atoms with E-state index < -0.39 is 14.1 Å². The first-order valence-corrected chi connectivity index (χ1v) is 12.7. The highest BCUT2D eigenvalue weighted by Gasteiger charge is 2.68. The number of hydrogen-bond donors (Lipinski definition) is 0. The van der Waals surface area contributed by atoms with Crippen LogP contribution in [-0.4, -0.2) is 33.4 Å². The number of ether oxygens (including phenoxy) is 2. The summed E-state index contributed by atoms with van der Waals surface area (Å²) in [6.07, 6.45) is 10.2. The van der Waals surface area contributed by atoms with Crippen LogP contribution in [0.25, 0.3) is 0 Å². The molecule has 2 spiro atoms. The first kappa shape index (κ1) is 17.7. The van der Waals surface area contributed by atoms with E-state index in [1.165, 1.54) is 23.1 Å². The molecule has 0 aromatic rings. The molecular formula is C21H32O3Si. The van der Waals surface area contributed by atoms with Crippen LogP contribution < -0.4 is 0 Å². The normalized spacial score (nSPS) is 29.3. The summed E-state index contributed by atoms with van der Waals surface area (Å²) in [6, 6.07) is 3.45. The standard InChI is InChI=1S/C21H32O3Si/c1-5-25(6-2,7-3)24-19-18-11-8-10-17(18)16(4)20(12-9-13-20)21(19)22-14-15-23-21/h8,10-11,19H,5-7,9,12-15H2,1-4H3. The van der Waals surface area contributed by atoms with Crippen LogP contribution in [0.5, 0.6) is 0 Å². The molecule has 1 atom stereocenters. The topological polar surface area (TPSA) is 27.7 Å². The molecule has 4 heteroatoms. The van der Waals surface area contributed by atoms with Crippen molar-refractivity contribution in [2.75, 3.05) is 13.2 Å². The van der Waals surface area contributed by atoms with Crippen molar-refractivity contribution in [3.05, 3.63) is 34.9 Å². The Morgan fingerprint density at radius 1 is 1.12 bits per heavy atom. The second-order valence-electron chi connectivity index (χ2n) is 8.06. The van der Waals surface area contributed by atoms with Gasteiger partial charge in [0, 0.05) is 5.41 Å². The van der Waals surface area contributed by atoms with Crippen molar-refractivity contribution in [2.24, 2.45) is 5.41 Å². The van der Waals surface area contributed by atoms with Gasteiger partial charge in [-0.05, 0) is 49.0 Å². The highest BCUT2D eigenvalue weighted by atomic mass is 28.4. The Morgan fingerprint density at radius 2 is 1.76 bits per heavy atom. The molecule has 0 bridgehead atoms. The maximum Gasteiger partial charge on any atom is 0.207 e. The molecule has 4 aliphatic rings. The lowest BCUT2D eigenvalue weighted by molar-refractivity contribution is -0.286. The van der Waals surface area contributed by atoms with E-state index in [4.69, 9.17) is 13.9 Å². The Balaban J connectivity index is 1.84. The summed E-state index contributed by atoms with van der Waals surface area (Å²) in [7, 11) is -1.78. The lowest BCUT2D eigenvalue weighted by atomic mass is 9.53. The Labute approximate surface area is 153 Å². The first-order chi connectivity index (χ1) is 12.1. The Hall–Kier alpha value is -0.683. The van der Waals surface area contributed by atoms with Crippen molar-refractivity contribution in [3.63, 3.8) is 0 Å². The fourth-order valence-electron chi connectivity index (χ4n) is 5.48. The van der Waals surface area contributed by atoms with Gasteiger partial charge in [0.05, 0.1) is 13.2 Å². The SMILES string of the molecule is CC[Si](CC)(CC)OC1C2=CC=CC2=C(C)C2(CCC2)C12OCCO2. The van der Waals surface area contributed by atoms with E-state index in [-0.39, 0.29) is 11.5 Å². The van der Waals surface area contributed by atoms with Gasteiger partial charge in [-0.25, -0.2) is 0 Å². The fraction of sp³-hybridized carbons (Fsp3) is 0.714. The van der Waals surface area contributed by atoms with Crippen LogP contribution in [0, 0.1) is 5.41 Å². The number of allylic oxidation sites excluding steroid dienone is 3. The first-order valence-electron chi connectivity index (χ1n) is 10.1. The van der Waals surface area contributed by atoms with Gasteiger partial charge in [0.1, 0.15) is 6.10 Å². The zero-order valence-corrected chi connectivity index (χ0v) is 17.2. The summed E-state index contributed by atoms with van der Waals surface area (Å²) in [4.78, 5) is 0. The average Bonchev–Trinajstić information content (AvgIpc) is 3.25. The van der Waals surface area contributed by atoms with E-state index in [2.05, 4.69) is 45.9 Å². The molecule has 1 saturated carbocycles. The Morgan fingerprint density at radius 3 is 2.28 bits per heavy atom. The van der Waals surface area contributed by atoms with Crippen LogP contribution in [0.1, 0.15) is 47.0 Å². The van der Waals surface area contributed by atoms with Gasteiger partial charge in [-0.3, -0.25) is 0 Å². The molecule has 0 amide bonds. The summed E-state index contributed by atoms with van der Waals surface area (Å²) in [5.74, 6) is -0.603. The van der Waals surface area contributed by atoms with Crippen molar-refractivity contribution in [1.82, 2.24) is 0 Å². The summed E-state index contributed by atoms with van der Waals surface area (Å²) in [5.41, 5.74) is 4.15. The van der Waals surface area contributed by atoms with Gasteiger partial charge in [-0.15, -0.1) is 0 Å². The van der Waals surface area contributed by atoms with Gasteiger partial charge in [-0.2, -0.15) is 0 Å². The molecule has 25 heavy (non-hydrogen) atoms. The molecule has 1 aliphatic heterocycles. The summed E-state index contributed by atoms with van der Waals surface area (Å²) in [5, 5.41) is 0. The molecule has 1 saturated heterocycles. The molecule has 2 fully saturated rings. The lowest BCUT2D eigenvalue weighted by Gasteiger charge is -2.60. The number of fused-ring (bicyclic) bond motifs is 2. The quantitative estimate of drug-likeness (QED) is 0.637. The molecule has 0 aromatic carbocycles. The third-order valence-electron chi connectivity index (χ3n) is 7.49. The van der Waals surface area contributed by atoms with Crippen LogP contribution in [0.3, 0.4) is 0 Å². The lowest BCUT2D eigenvalue weighted by Crippen LogP contribution is -2.66. The van der Waals surface area contributed by atoms with E-state index in [1.807, 2.05) is 0 Å². The second kappa shape index (κ2) is 6.19. The highest BCUT2D eigenvalue weighted by Crippen LogP contribution is 2.64. The van der Waals surface area contributed by atoms with Crippen LogP contribution in [0.4, 0.5) is 0 Å². The van der Waals surface area contributed by atoms with Crippen LogP contribution in [0.15, 0.2) is 34.9 Å². The van der Waals surface area contributed by atoms with Crippen LogP contribution in [0.2, 0.25) is 18.1 Å². The van der Waals surface area contributed by atoms with Gasteiger partial charge in [-0.1, -0.05) is 51.0 Å². The van der Waals surface area contributed by atoms with E-state index in [0.717, 1.165) is 31.0 Å². The molecule has 3 aliphatic carbocycles. The molecular weight excluding hydrogens is 328 g/mol. The molecule has 1 heterocycles. The summed E-state index contributed by atoms with van der Waals surface area (Å²) >= 11 is 0. The monoisotopic (exact) mass is 360 g/mol. The molecule has 4 rings (SSSR count). The Bertz CT molecular complexity index is 623. The van der Waals surface area contributed by atoms with Crippen molar-refractivity contribution in [2.45, 2.75) is 77.0 Å². The third kappa shape index (κ3) is 2.21.